The lowest BCUT2D eigenvalue weighted by atomic mass is 10.4. The SMILES string of the molecule is CCN(CC)CCNCC[S+]([O-])c1ccccc1.O=C(O)C=CC(=O)O. The Kier molecular flexibility index (Phi) is 14.3. The molecule has 1 rings (SSSR count). The third-order valence-corrected chi connectivity index (χ3v) is 4.71. The van der Waals surface area contributed by atoms with Crippen LogP contribution >= 0.6 is 0 Å². The first-order chi connectivity index (χ1) is 12.4. The first kappa shape index (κ1) is 24.1. The van der Waals surface area contributed by atoms with Gasteiger partial charge in [0.15, 0.2) is 4.90 Å². The minimum Gasteiger partial charge on any atom is -0.611 e. The highest BCUT2D eigenvalue weighted by Crippen LogP contribution is 2.08. The molecule has 0 saturated heterocycles. The number of benzene rings is 1. The molecule has 0 spiro atoms. The maximum absolute atomic E-state index is 11.9. The summed E-state index contributed by atoms with van der Waals surface area (Å²) in [5, 5.41) is 19.0. The molecule has 0 radical (unpaired) electrons. The number of likely N-dealkylation sites (N-methyl/N-ethyl adjacent to an activating group) is 1. The van der Waals surface area contributed by atoms with Crippen LogP contribution in [0.5, 0.6) is 0 Å². The highest BCUT2D eigenvalue weighted by Gasteiger charge is 2.08. The Morgan fingerprint density at radius 3 is 2.08 bits per heavy atom. The molecule has 0 aliphatic carbocycles. The second kappa shape index (κ2) is 15.4. The van der Waals surface area contributed by atoms with Gasteiger partial charge < -0.3 is 25.0 Å². The van der Waals surface area contributed by atoms with E-state index >= 15 is 0 Å². The molecule has 1 unspecified atom stereocenters. The summed E-state index contributed by atoms with van der Waals surface area (Å²) in [6.07, 6.45) is 1.12. The van der Waals surface area contributed by atoms with Crippen molar-refractivity contribution in [1.82, 2.24) is 10.2 Å². The van der Waals surface area contributed by atoms with Crippen LogP contribution in [0.2, 0.25) is 0 Å². The third-order valence-electron chi connectivity index (χ3n) is 3.34. The van der Waals surface area contributed by atoms with E-state index in [1.54, 1.807) is 0 Å². The zero-order valence-electron chi connectivity index (χ0n) is 15.3. The van der Waals surface area contributed by atoms with Gasteiger partial charge in [0, 0.05) is 31.8 Å². The number of aliphatic carboxylic acids is 2. The van der Waals surface area contributed by atoms with Gasteiger partial charge in [-0.3, -0.25) is 0 Å². The van der Waals surface area contributed by atoms with Crippen LogP contribution in [-0.4, -0.2) is 70.1 Å². The van der Waals surface area contributed by atoms with Crippen LogP contribution in [-0.2, 0) is 20.8 Å². The molecule has 1 atom stereocenters. The molecule has 0 saturated carbocycles. The van der Waals surface area contributed by atoms with Gasteiger partial charge in [0.2, 0.25) is 0 Å². The number of nitrogens with zero attached hydrogens (tertiary/aromatic N) is 1. The maximum atomic E-state index is 11.9. The highest BCUT2D eigenvalue weighted by molar-refractivity contribution is 7.91. The van der Waals surface area contributed by atoms with Crippen LogP contribution in [0.15, 0.2) is 47.4 Å². The van der Waals surface area contributed by atoms with E-state index < -0.39 is 23.1 Å². The molecule has 0 amide bonds. The molecule has 8 heteroatoms. The van der Waals surface area contributed by atoms with E-state index in [-0.39, 0.29) is 0 Å². The Morgan fingerprint density at radius 1 is 1.08 bits per heavy atom. The maximum Gasteiger partial charge on any atom is 0.328 e. The van der Waals surface area contributed by atoms with E-state index in [9.17, 15) is 14.1 Å². The van der Waals surface area contributed by atoms with Gasteiger partial charge in [-0.2, -0.15) is 0 Å². The number of carbonyl (C=O) groups is 2. The van der Waals surface area contributed by atoms with Gasteiger partial charge in [-0.25, -0.2) is 9.59 Å². The standard InChI is InChI=1S/C14H24N2OS.C4H4O4/c1-3-16(4-2)12-10-15-11-13-18(17)14-8-6-5-7-9-14;5-3(6)1-2-4(7)8/h5-9,15H,3-4,10-13H2,1-2H3;1-2H,(H,5,6)(H,7,8). The van der Waals surface area contributed by atoms with Crippen molar-refractivity contribution in [3.05, 3.63) is 42.5 Å². The molecule has 0 fully saturated rings. The molecule has 0 aliphatic heterocycles. The number of hydrogen-bond donors (Lipinski definition) is 3. The Balaban J connectivity index is 0.000000660. The zero-order valence-corrected chi connectivity index (χ0v) is 16.1. The Bertz CT molecular complexity index is 520. The quantitative estimate of drug-likeness (QED) is 0.300. The molecule has 0 bridgehead atoms. The molecule has 7 nitrogen and oxygen atoms in total. The summed E-state index contributed by atoms with van der Waals surface area (Å²) in [6.45, 7) is 9.37. The van der Waals surface area contributed by atoms with Crippen molar-refractivity contribution < 1.29 is 24.4 Å². The second-order valence-electron chi connectivity index (χ2n) is 5.15. The smallest absolute Gasteiger partial charge is 0.328 e. The van der Waals surface area contributed by atoms with Gasteiger partial charge in [-0.1, -0.05) is 32.0 Å². The van der Waals surface area contributed by atoms with Gasteiger partial charge >= 0.3 is 11.9 Å². The molecule has 146 valence electrons. The minimum absolute atomic E-state index is 0.558. The molecule has 0 aliphatic rings. The van der Waals surface area contributed by atoms with Crippen molar-refractivity contribution in [2.24, 2.45) is 0 Å². The van der Waals surface area contributed by atoms with Crippen molar-refractivity contribution >= 4 is 23.1 Å². The van der Waals surface area contributed by atoms with Gasteiger partial charge in [0.1, 0.15) is 5.75 Å². The average molecular weight is 384 g/mol. The summed E-state index contributed by atoms with van der Waals surface area (Å²) >= 11 is -0.877. The minimum atomic E-state index is -1.26. The topological polar surface area (TPSA) is 113 Å². The molecule has 1 aromatic rings. The lowest BCUT2D eigenvalue weighted by molar-refractivity contribution is -0.134. The molecule has 3 N–H and O–H groups in total. The van der Waals surface area contributed by atoms with Crippen molar-refractivity contribution in [3.8, 4) is 0 Å². The van der Waals surface area contributed by atoms with E-state index in [1.165, 1.54) is 0 Å². The molecule has 1 aromatic carbocycles. The highest BCUT2D eigenvalue weighted by atomic mass is 32.2. The van der Waals surface area contributed by atoms with Crippen LogP contribution in [0, 0.1) is 0 Å². The fourth-order valence-corrected chi connectivity index (χ4v) is 2.93. The third kappa shape index (κ3) is 13.4. The number of hydrogen-bond acceptors (Lipinski definition) is 5. The zero-order chi connectivity index (χ0) is 19.8. The lowest BCUT2D eigenvalue weighted by Gasteiger charge is -2.18. The van der Waals surface area contributed by atoms with Crippen LogP contribution in [0.4, 0.5) is 0 Å². The van der Waals surface area contributed by atoms with E-state index in [2.05, 4.69) is 24.1 Å². The first-order valence-electron chi connectivity index (χ1n) is 8.41. The normalized spacial score (nSPS) is 11.8. The van der Waals surface area contributed by atoms with Gasteiger partial charge in [-0.05, 0) is 36.4 Å². The Labute approximate surface area is 157 Å². The summed E-state index contributed by atoms with van der Waals surface area (Å²) in [4.78, 5) is 22.4. The number of nitrogens with one attached hydrogen (secondary N) is 1. The Morgan fingerprint density at radius 2 is 1.62 bits per heavy atom. The summed E-state index contributed by atoms with van der Waals surface area (Å²) in [6, 6.07) is 9.66. The second-order valence-corrected chi connectivity index (χ2v) is 6.72. The predicted octanol–water partition coefficient (Wildman–Crippen LogP) is 1.44. The number of rotatable bonds is 11. The molecule has 0 heterocycles. The molecule has 26 heavy (non-hydrogen) atoms. The Hall–Kier alpha value is -1.87. The fraction of sp³-hybridized carbons (Fsp3) is 0.444. The van der Waals surface area contributed by atoms with Crippen molar-refractivity contribution in [2.75, 3.05) is 38.5 Å². The van der Waals surface area contributed by atoms with Gasteiger partial charge in [0.25, 0.3) is 0 Å². The largest absolute Gasteiger partial charge is 0.611 e. The molecule has 0 aromatic heterocycles. The number of carboxylic acids is 2. The van der Waals surface area contributed by atoms with Crippen molar-refractivity contribution in [1.29, 1.82) is 0 Å². The van der Waals surface area contributed by atoms with E-state index in [0.29, 0.717) is 17.9 Å². The number of carboxylic acid groups (broad SMARTS) is 2. The van der Waals surface area contributed by atoms with Crippen LogP contribution < -0.4 is 5.32 Å². The van der Waals surface area contributed by atoms with Crippen LogP contribution in [0.1, 0.15) is 13.8 Å². The summed E-state index contributed by atoms with van der Waals surface area (Å²) in [5.41, 5.74) is 0. The van der Waals surface area contributed by atoms with Gasteiger partial charge in [-0.15, -0.1) is 0 Å². The van der Waals surface area contributed by atoms with Crippen molar-refractivity contribution in [3.63, 3.8) is 0 Å². The molecular formula is C18H28N2O5S. The van der Waals surface area contributed by atoms with Gasteiger partial charge in [0.05, 0.1) is 0 Å². The fourth-order valence-electron chi connectivity index (χ4n) is 1.90. The van der Waals surface area contributed by atoms with E-state index in [0.717, 1.165) is 37.6 Å². The first-order valence-corrected chi connectivity index (χ1v) is 9.73. The monoisotopic (exact) mass is 384 g/mol. The summed E-state index contributed by atoms with van der Waals surface area (Å²) in [7, 11) is 0. The van der Waals surface area contributed by atoms with E-state index in [4.69, 9.17) is 10.2 Å². The van der Waals surface area contributed by atoms with Crippen molar-refractivity contribution in [2.45, 2.75) is 18.7 Å². The average Bonchev–Trinajstić information content (AvgIpc) is 2.64. The van der Waals surface area contributed by atoms with E-state index in [1.807, 2.05) is 30.3 Å². The summed E-state index contributed by atoms with van der Waals surface area (Å²) in [5.74, 6) is -1.83. The molecular weight excluding hydrogens is 356 g/mol. The lowest BCUT2D eigenvalue weighted by Crippen LogP contribution is -2.33. The predicted molar refractivity (Wildman–Crippen MR) is 103 cm³/mol. The van der Waals surface area contributed by atoms with Crippen LogP contribution in [0.3, 0.4) is 0 Å². The van der Waals surface area contributed by atoms with Crippen LogP contribution in [0.25, 0.3) is 0 Å². The summed E-state index contributed by atoms with van der Waals surface area (Å²) < 4.78 is 11.9.